The van der Waals surface area contributed by atoms with Crippen molar-refractivity contribution in [2.45, 2.75) is 24.3 Å². The molecule has 1 aromatic carbocycles. The molecule has 1 amide bonds. The Morgan fingerprint density at radius 1 is 1.28 bits per heavy atom. The normalized spacial score (nSPS) is 16.0. The van der Waals surface area contributed by atoms with Crippen molar-refractivity contribution < 1.29 is 17.9 Å². The Labute approximate surface area is 145 Å². The number of primary sulfonamides is 1. The molecule has 2 heterocycles. The van der Waals surface area contributed by atoms with Crippen LogP contribution in [0, 0.1) is 5.92 Å². The molecule has 1 aliphatic heterocycles. The smallest absolute Gasteiger partial charge is 0.266 e. The Balaban J connectivity index is 1.95. The first-order chi connectivity index (χ1) is 11.8. The van der Waals surface area contributed by atoms with E-state index in [4.69, 9.17) is 15.6 Å². The highest BCUT2D eigenvalue weighted by molar-refractivity contribution is 7.89. The maximum Gasteiger partial charge on any atom is 0.266 e. The lowest BCUT2D eigenvalue weighted by Crippen LogP contribution is -2.24. The van der Waals surface area contributed by atoms with Crippen LogP contribution >= 0.6 is 0 Å². The fourth-order valence-electron chi connectivity index (χ4n) is 2.90. The minimum absolute atomic E-state index is 0.00963. The third-order valence-electron chi connectivity index (χ3n) is 4.26. The monoisotopic (exact) mass is 364 g/mol. The van der Waals surface area contributed by atoms with E-state index in [1.54, 1.807) is 22.9 Å². The molecule has 0 bridgehead atoms. The largest absolute Gasteiger partial charge is 0.381 e. The lowest BCUT2D eigenvalue weighted by Gasteiger charge is -2.22. The van der Waals surface area contributed by atoms with E-state index in [-0.39, 0.29) is 4.90 Å². The molecule has 25 heavy (non-hydrogen) atoms. The Morgan fingerprint density at radius 3 is 2.64 bits per heavy atom. The number of nitrogens with zero attached hydrogens (tertiary/aromatic N) is 2. The second kappa shape index (κ2) is 6.95. The van der Waals surface area contributed by atoms with Gasteiger partial charge in [-0.3, -0.25) is 9.48 Å². The van der Waals surface area contributed by atoms with Crippen LogP contribution < -0.4 is 10.9 Å². The first kappa shape index (κ1) is 17.6. The number of sulfonamides is 1. The Kier molecular flexibility index (Phi) is 4.89. The molecule has 9 heteroatoms. The average Bonchev–Trinajstić information content (AvgIpc) is 2.99. The summed E-state index contributed by atoms with van der Waals surface area (Å²) in [7, 11) is -3.82. The van der Waals surface area contributed by atoms with Crippen molar-refractivity contribution in [3.8, 4) is 11.3 Å². The molecule has 0 radical (unpaired) electrons. The zero-order valence-corrected chi connectivity index (χ0v) is 14.4. The van der Waals surface area contributed by atoms with Gasteiger partial charge in [0.15, 0.2) is 0 Å². The number of carbonyl (C=O) groups is 1. The molecule has 4 N–H and O–H groups in total. The van der Waals surface area contributed by atoms with Gasteiger partial charge in [-0.25, -0.2) is 13.6 Å². The Hall–Kier alpha value is -2.23. The van der Waals surface area contributed by atoms with Gasteiger partial charge in [0.05, 0.1) is 10.6 Å². The molecule has 0 saturated carbocycles. The van der Waals surface area contributed by atoms with Crippen molar-refractivity contribution in [2.24, 2.45) is 16.8 Å². The topological polar surface area (TPSA) is 130 Å². The molecular formula is C16H20N4O4S. The summed E-state index contributed by atoms with van der Waals surface area (Å²) >= 11 is 0. The summed E-state index contributed by atoms with van der Waals surface area (Å²) in [5.41, 5.74) is 6.80. The maximum absolute atomic E-state index is 11.8. The number of hydrogen-bond acceptors (Lipinski definition) is 5. The van der Waals surface area contributed by atoms with Crippen molar-refractivity contribution >= 4 is 15.9 Å². The van der Waals surface area contributed by atoms with E-state index >= 15 is 0 Å². The highest BCUT2D eigenvalue weighted by Crippen LogP contribution is 2.24. The van der Waals surface area contributed by atoms with Crippen molar-refractivity contribution in [2.75, 3.05) is 13.2 Å². The average molecular weight is 364 g/mol. The van der Waals surface area contributed by atoms with Gasteiger partial charge in [-0.05, 0) is 37.0 Å². The van der Waals surface area contributed by atoms with Gasteiger partial charge in [0, 0.05) is 25.3 Å². The minimum atomic E-state index is -3.82. The summed E-state index contributed by atoms with van der Waals surface area (Å²) < 4.78 is 30.0. The summed E-state index contributed by atoms with van der Waals surface area (Å²) in [6.45, 7) is 1.96. The summed E-state index contributed by atoms with van der Waals surface area (Å²) in [6.07, 6.45) is 1.79. The van der Waals surface area contributed by atoms with Gasteiger partial charge in [0.1, 0.15) is 5.69 Å². The van der Waals surface area contributed by atoms with Gasteiger partial charge in [-0.2, -0.15) is 5.10 Å². The van der Waals surface area contributed by atoms with E-state index in [1.165, 1.54) is 12.1 Å². The molecule has 0 aliphatic carbocycles. The number of ether oxygens (including phenoxy) is 1. The standard InChI is InChI=1S/C16H20N4O4S/c17-16(21)15-9-14(12-2-1-3-13(8-12)25(18,22)23)19-20(15)10-11-4-6-24-7-5-11/h1-3,8-9,11H,4-7,10H2,(H2,17,21)(H2,18,22,23). The maximum atomic E-state index is 11.8. The lowest BCUT2D eigenvalue weighted by atomic mass is 10.0. The number of rotatable bonds is 5. The molecule has 134 valence electrons. The Morgan fingerprint density at radius 2 is 2.00 bits per heavy atom. The van der Waals surface area contributed by atoms with Crippen molar-refractivity contribution in [1.82, 2.24) is 9.78 Å². The molecule has 1 saturated heterocycles. The van der Waals surface area contributed by atoms with Gasteiger partial charge in [-0.15, -0.1) is 0 Å². The van der Waals surface area contributed by atoms with Crippen molar-refractivity contribution in [1.29, 1.82) is 0 Å². The molecule has 1 aliphatic rings. The fourth-order valence-corrected chi connectivity index (χ4v) is 3.46. The van der Waals surface area contributed by atoms with Crippen LogP contribution in [0.5, 0.6) is 0 Å². The van der Waals surface area contributed by atoms with Crippen molar-refractivity contribution in [3.63, 3.8) is 0 Å². The predicted molar refractivity (Wildman–Crippen MR) is 91.1 cm³/mol. The van der Waals surface area contributed by atoms with Crippen LogP contribution in [0.1, 0.15) is 23.3 Å². The molecule has 0 spiro atoms. The van der Waals surface area contributed by atoms with Crippen molar-refractivity contribution in [3.05, 3.63) is 36.0 Å². The number of aromatic nitrogens is 2. The number of benzene rings is 1. The van der Waals surface area contributed by atoms with Crippen LogP contribution in [0.3, 0.4) is 0 Å². The minimum Gasteiger partial charge on any atom is -0.381 e. The molecule has 0 atom stereocenters. The zero-order chi connectivity index (χ0) is 18.0. The first-order valence-corrected chi connectivity index (χ1v) is 9.48. The third kappa shape index (κ3) is 4.06. The fraction of sp³-hybridized carbons (Fsp3) is 0.375. The van der Waals surface area contributed by atoms with Crippen LogP contribution in [0.4, 0.5) is 0 Å². The SMILES string of the molecule is NC(=O)c1cc(-c2cccc(S(N)(=O)=O)c2)nn1CC1CCOCC1. The lowest BCUT2D eigenvalue weighted by molar-refractivity contribution is 0.0597. The molecule has 0 unspecified atom stereocenters. The molecular weight excluding hydrogens is 344 g/mol. The van der Waals surface area contributed by atoms with E-state index in [1.807, 2.05) is 0 Å². The van der Waals surface area contributed by atoms with E-state index < -0.39 is 15.9 Å². The molecule has 8 nitrogen and oxygen atoms in total. The van der Waals surface area contributed by atoms with E-state index in [0.29, 0.717) is 42.6 Å². The zero-order valence-electron chi connectivity index (χ0n) is 13.6. The first-order valence-electron chi connectivity index (χ1n) is 7.93. The number of primary amides is 1. The van der Waals surface area contributed by atoms with E-state index in [2.05, 4.69) is 5.10 Å². The summed E-state index contributed by atoms with van der Waals surface area (Å²) in [5, 5.41) is 9.63. The van der Waals surface area contributed by atoms with Gasteiger partial charge in [-0.1, -0.05) is 12.1 Å². The molecule has 2 aromatic rings. The van der Waals surface area contributed by atoms with E-state index in [9.17, 15) is 13.2 Å². The van der Waals surface area contributed by atoms with Gasteiger partial charge >= 0.3 is 0 Å². The van der Waals surface area contributed by atoms with Gasteiger partial charge in [0.2, 0.25) is 10.0 Å². The molecule has 1 fully saturated rings. The molecule has 3 rings (SSSR count). The Bertz CT molecular complexity index is 885. The van der Waals surface area contributed by atoms with Gasteiger partial charge < -0.3 is 10.5 Å². The van der Waals surface area contributed by atoms with Crippen LogP contribution in [0.25, 0.3) is 11.3 Å². The quantitative estimate of drug-likeness (QED) is 0.807. The van der Waals surface area contributed by atoms with Crippen LogP contribution in [0.2, 0.25) is 0 Å². The third-order valence-corrected chi connectivity index (χ3v) is 5.17. The van der Waals surface area contributed by atoms with Gasteiger partial charge in [0.25, 0.3) is 5.91 Å². The highest BCUT2D eigenvalue weighted by atomic mass is 32.2. The number of nitrogens with two attached hydrogens (primary N) is 2. The number of amides is 1. The predicted octanol–water partition coefficient (Wildman–Crippen LogP) is 0.723. The van der Waals surface area contributed by atoms with Crippen LogP contribution in [-0.4, -0.2) is 37.3 Å². The van der Waals surface area contributed by atoms with E-state index in [0.717, 1.165) is 12.8 Å². The summed E-state index contributed by atoms with van der Waals surface area (Å²) in [5.74, 6) is -0.219. The second-order valence-electron chi connectivity index (χ2n) is 6.09. The van der Waals surface area contributed by atoms with Crippen LogP contribution in [0.15, 0.2) is 35.2 Å². The highest BCUT2D eigenvalue weighted by Gasteiger charge is 2.20. The number of carbonyl (C=O) groups excluding carboxylic acids is 1. The second-order valence-corrected chi connectivity index (χ2v) is 7.65. The van der Waals surface area contributed by atoms with Crippen LogP contribution in [-0.2, 0) is 21.3 Å². The number of hydrogen-bond donors (Lipinski definition) is 2. The molecule has 1 aromatic heterocycles. The summed E-state index contributed by atoms with van der Waals surface area (Å²) in [4.78, 5) is 11.7. The summed E-state index contributed by atoms with van der Waals surface area (Å²) in [6, 6.07) is 7.70.